The molecule has 1 atom stereocenters. The maximum atomic E-state index is 12.3. The van der Waals surface area contributed by atoms with Crippen molar-refractivity contribution in [1.29, 1.82) is 0 Å². The Morgan fingerprint density at radius 3 is 2.16 bits per heavy atom. The minimum atomic E-state index is -1.08. The highest BCUT2D eigenvalue weighted by atomic mass is 32.2. The fraction of sp³-hybridized carbons (Fsp3) is 0.316. The summed E-state index contributed by atoms with van der Waals surface area (Å²) in [7, 11) is -1.08. The topological polar surface area (TPSA) is 52.7 Å². The van der Waals surface area contributed by atoms with Crippen molar-refractivity contribution in [2.24, 2.45) is 0 Å². The molecular weight excluding hydrogens is 334 g/mol. The second kappa shape index (κ2) is 8.67. The molecule has 1 heterocycles. The van der Waals surface area contributed by atoms with Gasteiger partial charge in [0.1, 0.15) is 0 Å². The van der Waals surface area contributed by atoms with Crippen LogP contribution in [-0.4, -0.2) is 53.6 Å². The van der Waals surface area contributed by atoms with Gasteiger partial charge in [0, 0.05) is 49.1 Å². The number of para-hydroxylation sites is 1. The third-order valence-corrected chi connectivity index (χ3v) is 5.63. The van der Waals surface area contributed by atoms with E-state index in [0.717, 1.165) is 18.0 Å². The van der Waals surface area contributed by atoms with Gasteiger partial charge in [-0.3, -0.25) is 4.21 Å². The van der Waals surface area contributed by atoms with E-state index in [9.17, 15) is 9.00 Å². The maximum absolute atomic E-state index is 12.3. The molecule has 0 bridgehead atoms. The smallest absolute Gasteiger partial charge is 0.317 e. The van der Waals surface area contributed by atoms with Gasteiger partial charge in [0.05, 0.1) is 10.8 Å². The zero-order valence-corrected chi connectivity index (χ0v) is 15.0. The minimum absolute atomic E-state index is 0.0715. The number of piperazine rings is 1. The van der Waals surface area contributed by atoms with Crippen molar-refractivity contribution >= 4 is 22.5 Å². The van der Waals surface area contributed by atoms with Gasteiger partial charge in [-0.2, -0.15) is 0 Å². The average Bonchev–Trinajstić information content (AvgIpc) is 2.69. The van der Waals surface area contributed by atoms with Crippen LogP contribution in [0.3, 0.4) is 0 Å². The Kier molecular flexibility index (Phi) is 6.06. The number of hydrogen-bond donors (Lipinski definition) is 1. The molecule has 132 valence electrons. The monoisotopic (exact) mass is 357 g/mol. The van der Waals surface area contributed by atoms with E-state index in [1.165, 1.54) is 5.69 Å². The van der Waals surface area contributed by atoms with Crippen molar-refractivity contribution in [3.05, 3.63) is 60.7 Å². The number of urea groups is 1. The molecule has 1 saturated heterocycles. The zero-order chi connectivity index (χ0) is 17.5. The molecule has 1 unspecified atom stereocenters. The normalized spacial score (nSPS) is 15.7. The highest BCUT2D eigenvalue weighted by Gasteiger charge is 2.20. The van der Waals surface area contributed by atoms with E-state index in [-0.39, 0.29) is 6.03 Å². The van der Waals surface area contributed by atoms with Gasteiger partial charge in [0.25, 0.3) is 0 Å². The summed E-state index contributed by atoms with van der Waals surface area (Å²) in [6, 6.07) is 19.5. The summed E-state index contributed by atoms with van der Waals surface area (Å²) in [5, 5.41) is 2.88. The highest BCUT2D eigenvalue weighted by molar-refractivity contribution is 7.85. The molecule has 0 radical (unpaired) electrons. The molecule has 2 amide bonds. The fourth-order valence-electron chi connectivity index (χ4n) is 2.86. The molecule has 0 aromatic heterocycles. The third kappa shape index (κ3) is 4.82. The van der Waals surface area contributed by atoms with Gasteiger partial charge < -0.3 is 15.1 Å². The number of nitrogens with one attached hydrogen (secondary N) is 1. The second-order valence-corrected chi connectivity index (χ2v) is 7.47. The van der Waals surface area contributed by atoms with Gasteiger partial charge in [0.2, 0.25) is 0 Å². The SMILES string of the molecule is O=C(NCCS(=O)c1ccccc1)N1CCN(c2ccccc2)CC1. The summed E-state index contributed by atoms with van der Waals surface area (Å²) in [5.41, 5.74) is 1.20. The van der Waals surface area contributed by atoms with Crippen LogP contribution in [0, 0.1) is 0 Å². The second-order valence-electron chi connectivity index (χ2n) is 5.90. The van der Waals surface area contributed by atoms with Gasteiger partial charge in [0.15, 0.2) is 0 Å². The van der Waals surface area contributed by atoms with Crippen molar-refractivity contribution in [3.8, 4) is 0 Å². The summed E-state index contributed by atoms with van der Waals surface area (Å²) in [6.45, 7) is 3.46. The lowest BCUT2D eigenvalue weighted by molar-refractivity contribution is 0.195. The van der Waals surface area contributed by atoms with Gasteiger partial charge in [-0.25, -0.2) is 4.79 Å². The van der Waals surface area contributed by atoms with Crippen LogP contribution in [0.4, 0.5) is 10.5 Å². The molecule has 0 saturated carbocycles. The van der Waals surface area contributed by atoms with E-state index in [1.807, 2.05) is 53.4 Å². The molecule has 5 nitrogen and oxygen atoms in total. The number of benzene rings is 2. The lowest BCUT2D eigenvalue weighted by atomic mass is 10.2. The first-order valence-electron chi connectivity index (χ1n) is 8.50. The zero-order valence-electron chi connectivity index (χ0n) is 14.1. The van der Waals surface area contributed by atoms with E-state index in [4.69, 9.17) is 0 Å². The summed E-state index contributed by atoms with van der Waals surface area (Å²) in [4.78, 5) is 17.2. The highest BCUT2D eigenvalue weighted by Crippen LogP contribution is 2.15. The molecule has 0 aliphatic carbocycles. The first kappa shape index (κ1) is 17.5. The molecule has 1 aliphatic heterocycles. The summed E-state index contributed by atoms with van der Waals surface area (Å²) >= 11 is 0. The molecule has 2 aromatic rings. The van der Waals surface area contributed by atoms with E-state index in [2.05, 4.69) is 22.3 Å². The van der Waals surface area contributed by atoms with Gasteiger partial charge >= 0.3 is 6.03 Å². The van der Waals surface area contributed by atoms with E-state index >= 15 is 0 Å². The number of hydrogen-bond acceptors (Lipinski definition) is 3. The van der Waals surface area contributed by atoms with Gasteiger partial charge in [-0.05, 0) is 24.3 Å². The Labute approximate surface area is 151 Å². The molecule has 25 heavy (non-hydrogen) atoms. The Hall–Kier alpha value is -2.34. The number of carbonyl (C=O) groups excluding carboxylic acids is 1. The standard InChI is InChI=1S/C19H23N3O2S/c23-19(20-11-16-25(24)18-9-5-2-6-10-18)22-14-12-21(13-15-22)17-7-3-1-4-8-17/h1-10H,11-16H2,(H,20,23). The van der Waals surface area contributed by atoms with Crippen molar-refractivity contribution < 1.29 is 9.00 Å². The molecule has 1 aliphatic rings. The Balaban J connectivity index is 1.40. The Bertz CT molecular complexity index is 701. The fourth-order valence-corrected chi connectivity index (χ4v) is 3.84. The molecular formula is C19H23N3O2S. The average molecular weight is 357 g/mol. The molecule has 1 fully saturated rings. The van der Waals surface area contributed by atoms with Crippen molar-refractivity contribution in [2.75, 3.05) is 43.4 Å². The number of nitrogens with zero attached hydrogens (tertiary/aromatic N) is 2. The van der Waals surface area contributed by atoms with Gasteiger partial charge in [-0.15, -0.1) is 0 Å². The summed E-state index contributed by atoms with van der Waals surface area (Å²) in [5.74, 6) is 0.430. The van der Waals surface area contributed by atoms with Gasteiger partial charge in [-0.1, -0.05) is 36.4 Å². The molecule has 3 rings (SSSR count). The predicted octanol–water partition coefficient (Wildman–Crippen LogP) is 2.33. The van der Waals surface area contributed by atoms with E-state index in [1.54, 1.807) is 0 Å². The van der Waals surface area contributed by atoms with Crippen LogP contribution in [0.25, 0.3) is 0 Å². The van der Waals surface area contributed by atoms with Crippen LogP contribution in [0.2, 0.25) is 0 Å². The summed E-state index contributed by atoms with van der Waals surface area (Å²) in [6.07, 6.45) is 0. The molecule has 1 N–H and O–H groups in total. The lowest BCUT2D eigenvalue weighted by Crippen LogP contribution is -2.52. The van der Waals surface area contributed by atoms with Crippen LogP contribution in [0.15, 0.2) is 65.6 Å². The first-order valence-corrected chi connectivity index (χ1v) is 9.82. The molecule has 0 spiro atoms. The minimum Gasteiger partial charge on any atom is -0.368 e. The van der Waals surface area contributed by atoms with Crippen molar-refractivity contribution in [1.82, 2.24) is 10.2 Å². The predicted molar refractivity (Wildman–Crippen MR) is 101 cm³/mol. The van der Waals surface area contributed by atoms with Crippen LogP contribution < -0.4 is 10.2 Å². The Morgan fingerprint density at radius 1 is 0.920 bits per heavy atom. The van der Waals surface area contributed by atoms with Crippen molar-refractivity contribution in [3.63, 3.8) is 0 Å². The van der Waals surface area contributed by atoms with Crippen LogP contribution in [0.5, 0.6) is 0 Å². The number of rotatable bonds is 5. The maximum Gasteiger partial charge on any atom is 0.317 e. The number of amides is 2. The van der Waals surface area contributed by atoms with Crippen LogP contribution >= 0.6 is 0 Å². The Morgan fingerprint density at radius 2 is 1.52 bits per heavy atom. The van der Waals surface area contributed by atoms with Crippen molar-refractivity contribution in [2.45, 2.75) is 4.90 Å². The third-order valence-electron chi connectivity index (χ3n) is 4.26. The first-order chi connectivity index (χ1) is 12.2. The number of carbonyl (C=O) groups is 1. The summed E-state index contributed by atoms with van der Waals surface area (Å²) < 4.78 is 12.1. The van der Waals surface area contributed by atoms with E-state index in [0.29, 0.717) is 25.4 Å². The number of anilines is 1. The quantitative estimate of drug-likeness (QED) is 0.894. The van der Waals surface area contributed by atoms with E-state index < -0.39 is 10.8 Å². The molecule has 2 aromatic carbocycles. The largest absolute Gasteiger partial charge is 0.368 e. The van der Waals surface area contributed by atoms with Crippen LogP contribution in [0.1, 0.15) is 0 Å². The lowest BCUT2D eigenvalue weighted by Gasteiger charge is -2.36. The van der Waals surface area contributed by atoms with Crippen LogP contribution in [-0.2, 0) is 10.8 Å². The molecule has 6 heteroatoms.